The zero-order chi connectivity index (χ0) is 23.9. The highest BCUT2D eigenvalue weighted by molar-refractivity contribution is 7.99. The summed E-state index contributed by atoms with van der Waals surface area (Å²) in [6.07, 6.45) is 1.76. The summed E-state index contributed by atoms with van der Waals surface area (Å²) in [5.41, 5.74) is 2.14. The Kier molecular flexibility index (Phi) is 7.83. The first-order chi connectivity index (χ1) is 16.5. The molecule has 1 atom stereocenters. The highest BCUT2D eigenvalue weighted by Gasteiger charge is 2.11. The van der Waals surface area contributed by atoms with Crippen LogP contribution in [0.3, 0.4) is 0 Å². The molecule has 0 aliphatic carbocycles. The average molecular weight is 490 g/mol. The van der Waals surface area contributed by atoms with Crippen LogP contribution in [0.25, 0.3) is 5.69 Å². The zero-order valence-corrected chi connectivity index (χ0v) is 20.2. The van der Waals surface area contributed by atoms with Crippen LogP contribution >= 0.6 is 23.4 Å². The first kappa shape index (κ1) is 23.8. The van der Waals surface area contributed by atoms with Crippen molar-refractivity contribution in [2.24, 2.45) is 0 Å². The number of halogens is 1. The SMILES string of the molecule is C[C@H](CCc1ccccc1)NC(=O)c1ccc(-n2nc(Sc3ccc(Cl)cc3)ccc2=O)cc1. The maximum Gasteiger partial charge on any atom is 0.271 e. The van der Waals surface area contributed by atoms with Crippen LogP contribution in [0.2, 0.25) is 5.02 Å². The van der Waals surface area contributed by atoms with Crippen LogP contribution < -0.4 is 10.9 Å². The number of nitrogens with zero attached hydrogens (tertiary/aromatic N) is 2. The lowest BCUT2D eigenvalue weighted by Gasteiger charge is -2.14. The summed E-state index contributed by atoms with van der Waals surface area (Å²) in [7, 11) is 0. The Bertz CT molecular complexity index is 1310. The fourth-order valence-corrected chi connectivity index (χ4v) is 4.32. The number of hydrogen-bond acceptors (Lipinski definition) is 4. The van der Waals surface area contributed by atoms with Crippen LogP contribution in [0.15, 0.2) is 106 Å². The largest absolute Gasteiger partial charge is 0.350 e. The van der Waals surface area contributed by atoms with E-state index < -0.39 is 0 Å². The van der Waals surface area contributed by atoms with E-state index in [1.165, 1.54) is 28.1 Å². The molecule has 5 nitrogen and oxygen atoms in total. The van der Waals surface area contributed by atoms with Crippen molar-refractivity contribution in [2.75, 3.05) is 0 Å². The molecular formula is C27H24ClN3O2S. The van der Waals surface area contributed by atoms with Gasteiger partial charge in [-0.05, 0) is 79.9 Å². The van der Waals surface area contributed by atoms with E-state index in [0.717, 1.165) is 17.7 Å². The van der Waals surface area contributed by atoms with Crippen molar-refractivity contribution in [2.45, 2.75) is 35.7 Å². The molecule has 0 bridgehead atoms. The van der Waals surface area contributed by atoms with Crippen LogP contribution in [0.4, 0.5) is 0 Å². The minimum atomic E-state index is -0.243. The molecule has 0 aliphatic rings. The minimum absolute atomic E-state index is 0.0400. The molecule has 1 amide bonds. The van der Waals surface area contributed by atoms with Crippen LogP contribution in [-0.2, 0) is 6.42 Å². The number of rotatable bonds is 8. The minimum Gasteiger partial charge on any atom is -0.350 e. The van der Waals surface area contributed by atoms with E-state index in [4.69, 9.17) is 11.6 Å². The van der Waals surface area contributed by atoms with E-state index >= 15 is 0 Å². The summed E-state index contributed by atoms with van der Waals surface area (Å²) in [6, 6.07) is 27.7. The van der Waals surface area contributed by atoms with Gasteiger partial charge in [0, 0.05) is 27.6 Å². The average Bonchev–Trinajstić information content (AvgIpc) is 2.86. The highest BCUT2D eigenvalue weighted by Crippen LogP contribution is 2.26. The van der Waals surface area contributed by atoms with E-state index in [0.29, 0.717) is 21.3 Å². The number of amides is 1. The molecule has 1 heterocycles. The second-order valence-electron chi connectivity index (χ2n) is 7.92. The van der Waals surface area contributed by atoms with Gasteiger partial charge in [0.15, 0.2) is 0 Å². The van der Waals surface area contributed by atoms with Crippen LogP contribution in [-0.4, -0.2) is 21.7 Å². The normalized spacial score (nSPS) is 11.7. The third-order valence-corrected chi connectivity index (χ3v) is 6.46. The summed E-state index contributed by atoms with van der Waals surface area (Å²) in [6.45, 7) is 2.00. The Morgan fingerprint density at radius 1 is 0.971 bits per heavy atom. The maximum absolute atomic E-state index is 12.7. The third kappa shape index (κ3) is 6.37. The summed E-state index contributed by atoms with van der Waals surface area (Å²) in [5.74, 6) is -0.139. The lowest BCUT2D eigenvalue weighted by Crippen LogP contribution is -2.32. The van der Waals surface area contributed by atoms with Crippen molar-refractivity contribution in [3.8, 4) is 5.69 Å². The number of aromatic nitrogens is 2. The Morgan fingerprint density at radius 2 is 1.68 bits per heavy atom. The second kappa shape index (κ2) is 11.2. The van der Waals surface area contributed by atoms with E-state index in [-0.39, 0.29) is 17.5 Å². The number of nitrogens with one attached hydrogen (secondary N) is 1. The molecule has 7 heteroatoms. The molecule has 1 N–H and O–H groups in total. The van der Waals surface area contributed by atoms with Gasteiger partial charge in [-0.25, -0.2) is 0 Å². The molecule has 172 valence electrons. The number of carbonyl (C=O) groups excluding carboxylic acids is 1. The molecule has 4 aromatic rings. The van der Waals surface area contributed by atoms with Crippen LogP contribution in [0, 0.1) is 0 Å². The Hall–Kier alpha value is -3.35. The van der Waals surface area contributed by atoms with Gasteiger partial charge in [0.2, 0.25) is 0 Å². The predicted molar refractivity (Wildman–Crippen MR) is 137 cm³/mol. The molecular weight excluding hydrogens is 466 g/mol. The first-order valence-corrected chi connectivity index (χ1v) is 12.2. The third-order valence-electron chi connectivity index (χ3n) is 5.27. The van der Waals surface area contributed by atoms with E-state index in [9.17, 15) is 9.59 Å². The Balaban J connectivity index is 1.41. The zero-order valence-electron chi connectivity index (χ0n) is 18.6. The molecule has 34 heavy (non-hydrogen) atoms. The molecule has 0 spiro atoms. The molecule has 0 saturated carbocycles. The lowest BCUT2D eigenvalue weighted by molar-refractivity contribution is 0.0938. The van der Waals surface area contributed by atoms with E-state index in [1.54, 1.807) is 30.3 Å². The summed E-state index contributed by atoms with van der Waals surface area (Å²) < 4.78 is 1.34. The molecule has 0 fully saturated rings. The fourth-order valence-electron chi connectivity index (χ4n) is 3.42. The van der Waals surface area contributed by atoms with Crippen molar-refractivity contribution in [3.05, 3.63) is 117 Å². The highest BCUT2D eigenvalue weighted by atomic mass is 35.5. The van der Waals surface area contributed by atoms with Crippen molar-refractivity contribution >= 4 is 29.3 Å². The molecule has 0 unspecified atom stereocenters. The van der Waals surface area contributed by atoms with E-state index in [1.807, 2.05) is 49.4 Å². The lowest BCUT2D eigenvalue weighted by atomic mass is 10.1. The number of aryl methyl sites for hydroxylation is 1. The molecule has 1 aromatic heterocycles. The Morgan fingerprint density at radius 3 is 2.38 bits per heavy atom. The fraction of sp³-hybridized carbons (Fsp3) is 0.148. The van der Waals surface area contributed by atoms with Crippen LogP contribution in [0.5, 0.6) is 0 Å². The quantitative estimate of drug-likeness (QED) is 0.340. The van der Waals surface area contributed by atoms with Crippen LogP contribution in [0.1, 0.15) is 29.3 Å². The standard InChI is InChI=1S/C27H24ClN3O2S/c1-19(7-8-20-5-3-2-4-6-20)29-27(33)21-9-13-23(14-10-21)31-26(32)18-17-25(30-31)34-24-15-11-22(28)12-16-24/h2-6,9-19H,7-8H2,1H3,(H,29,33)/t19-/m1/s1. The van der Waals surface area contributed by atoms with Gasteiger partial charge in [0.05, 0.1) is 5.69 Å². The number of benzene rings is 3. The monoisotopic (exact) mass is 489 g/mol. The molecule has 4 rings (SSSR count). The molecule has 0 aliphatic heterocycles. The van der Waals surface area contributed by atoms with Gasteiger partial charge in [0.1, 0.15) is 5.03 Å². The summed E-state index contributed by atoms with van der Waals surface area (Å²) >= 11 is 7.38. The topological polar surface area (TPSA) is 64.0 Å². The summed E-state index contributed by atoms with van der Waals surface area (Å²) in [4.78, 5) is 26.0. The Labute approximate surface area is 207 Å². The van der Waals surface area contributed by atoms with E-state index in [2.05, 4.69) is 22.5 Å². The van der Waals surface area contributed by atoms with Gasteiger partial charge in [-0.3, -0.25) is 9.59 Å². The molecule has 3 aromatic carbocycles. The molecule has 0 radical (unpaired) electrons. The van der Waals surface area contributed by atoms with Gasteiger partial charge < -0.3 is 5.32 Å². The van der Waals surface area contributed by atoms with Gasteiger partial charge in [0.25, 0.3) is 11.5 Å². The smallest absolute Gasteiger partial charge is 0.271 e. The van der Waals surface area contributed by atoms with Crippen molar-refractivity contribution in [1.29, 1.82) is 0 Å². The maximum atomic E-state index is 12.7. The predicted octanol–water partition coefficient (Wildman–Crippen LogP) is 5.79. The number of hydrogen-bond donors (Lipinski definition) is 1. The van der Waals surface area contributed by atoms with Crippen molar-refractivity contribution < 1.29 is 4.79 Å². The molecule has 0 saturated heterocycles. The van der Waals surface area contributed by atoms with Crippen molar-refractivity contribution in [3.63, 3.8) is 0 Å². The van der Waals surface area contributed by atoms with Gasteiger partial charge in [-0.2, -0.15) is 9.78 Å². The number of carbonyl (C=O) groups is 1. The summed E-state index contributed by atoms with van der Waals surface area (Å²) in [5, 5.41) is 8.85. The van der Waals surface area contributed by atoms with Crippen molar-refractivity contribution in [1.82, 2.24) is 15.1 Å². The second-order valence-corrected chi connectivity index (χ2v) is 9.45. The first-order valence-electron chi connectivity index (χ1n) is 11.0. The van der Waals surface area contributed by atoms with Gasteiger partial charge in [-0.1, -0.05) is 53.7 Å². The van der Waals surface area contributed by atoms with Gasteiger partial charge in [-0.15, -0.1) is 0 Å². The van der Waals surface area contributed by atoms with Gasteiger partial charge >= 0.3 is 0 Å².